The molecule has 6 heteroatoms. The van der Waals surface area contributed by atoms with Gasteiger partial charge in [-0.05, 0) is 35.7 Å². The zero-order chi connectivity index (χ0) is 16.1. The van der Waals surface area contributed by atoms with E-state index >= 15 is 0 Å². The van der Waals surface area contributed by atoms with E-state index in [-0.39, 0.29) is 5.91 Å². The van der Waals surface area contributed by atoms with Gasteiger partial charge in [0, 0.05) is 11.8 Å². The number of ether oxygens (including phenoxy) is 1. The molecule has 3 aromatic rings. The molecule has 0 bridgehead atoms. The number of aromatic nitrogens is 1. The van der Waals surface area contributed by atoms with Crippen molar-refractivity contribution in [3.63, 3.8) is 0 Å². The van der Waals surface area contributed by atoms with Gasteiger partial charge in [0.05, 0.1) is 9.90 Å². The third-order valence-corrected chi connectivity index (χ3v) is 4.20. The van der Waals surface area contributed by atoms with Gasteiger partial charge in [-0.2, -0.15) is 0 Å². The number of anilines is 1. The molecule has 1 N–H and O–H groups in total. The molecule has 0 aliphatic rings. The minimum Gasteiger partial charge on any atom is -0.489 e. The Morgan fingerprint density at radius 2 is 2.04 bits per heavy atom. The normalized spacial score (nSPS) is 10.3. The van der Waals surface area contributed by atoms with Crippen molar-refractivity contribution in [3.8, 4) is 5.75 Å². The molecule has 1 aromatic carbocycles. The fraction of sp³-hybridized carbons (Fsp3) is 0.0588. The number of pyridine rings is 1. The van der Waals surface area contributed by atoms with Gasteiger partial charge in [-0.3, -0.25) is 4.79 Å². The lowest BCUT2D eigenvalue weighted by Crippen LogP contribution is -2.11. The Hall–Kier alpha value is -2.37. The van der Waals surface area contributed by atoms with Crippen LogP contribution in [-0.4, -0.2) is 10.9 Å². The second-order valence-corrected chi connectivity index (χ2v) is 6.08. The van der Waals surface area contributed by atoms with Gasteiger partial charge in [0.2, 0.25) is 0 Å². The molecule has 0 saturated heterocycles. The van der Waals surface area contributed by atoms with Gasteiger partial charge in [0.25, 0.3) is 5.91 Å². The quantitative estimate of drug-likeness (QED) is 0.734. The highest BCUT2D eigenvalue weighted by molar-refractivity contribution is 7.12. The lowest BCUT2D eigenvalue weighted by Gasteiger charge is -2.04. The summed E-state index contributed by atoms with van der Waals surface area (Å²) in [5.41, 5.74) is 0.952. The fourth-order valence-electron chi connectivity index (χ4n) is 1.88. The van der Waals surface area contributed by atoms with Crippen molar-refractivity contribution in [1.29, 1.82) is 0 Å². The summed E-state index contributed by atoms with van der Waals surface area (Å²) in [6, 6.07) is 14.7. The number of carbonyl (C=O) groups excluding carboxylic acids is 1. The van der Waals surface area contributed by atoms with Crippen LogP contribution >= 0.6 is 22.9 Å². The number of thiophene rings is 1. The van der Waals surface area contributed by atoms with E-state index in [1.54, 1.807) is 12.1 Å². The van der Waals surface area contributed by atoms with Gasteiger partial charge in [0.1, 0.15) is 18.2 Å². The zero-order valence-corrected chi connectivity index (χ0v) is 13.6. The summed E-state index contributed by atoms with van der Waals surface area (Å²) in [6.07, 6.45) is 1.49. The predicted molar refractivity (Wildman–Crippen MR) is 92.3 cm³/mol. The highest BCUT2D eigenvalue weighted by Gasteiger charge is 2.10. The third kappa shape index (κ3) is 4.31. The smallest absolute Gasteiger partial charge is 0.266 e. The Labute approximate surface area is 142 Å². The van der Waals surface area contributed by atoms with Crippen molar-refractivity contribution in [3.05, 3.63) is 75.6 Å². The van der Waals surface area contributed by atoms with Crippen LogP contribution in [0, 0.1) is 0 Å². The topological polar surface area (TPSA) is 51.2 Å². The SMILES string of the molecule is O=C(Nc1ccc(Cl)cn1)c1cc(COc2ccccc2)cs1. The first-order valence-electron chi connectivity index (χ1n) is 6.89. The first-order chi connectivity index (χ1) is 11.2. The molecular formula is C17H13ClN2O2S. The minimum absolute atomic E-state index is 0.198. The molecule has 0 fully saturated rings. The third-order valence-electron chi connectivity index (χ3n) is 3.00. The number of carbonyl (C=O) groups is 1. The molecular weight excluding hydrogens is 332 g/mol. The van der Waals surface area contributed by atoms with Crippen LogP contribution in [0.15, 0.2) is 60.1 Å². The molecule has 116 valence electrons. The lowest BCUT2D eigenvalue weighted by atomic mass is 10.3. The van der Waals surface area contributed by atoms with E-state index in [4.69, 9.17) is 16.3 Å². The number of para-hydroxylation sites is 1. The van der Waals surface area contributed by atoms with Crippen LogP contribution in [0.3, 0.4) is 0 Å². The van der Waals surface area contributed by atoms with E-state index in [0.29, 0.717) is 22.3 Å². The number of nitrogens with one attached hydrogen (secondary N) is 1. The molecule has 0 unspecified atom stereocenters. The number of halogens is 1. The molecule has 0 spiro atoms. The maximum Gasteiger partial charge on any atom is 0.266 e. The number of benzene rings is 1. The summed E-state index contributed by atoms with van der Waals surface area (Å²) in [5, 5.41) is 5.17. The van der Waals surface area contributed by atoms with Gasteiger partial charge < -0.3 is 10.1 Å². The van der Waals surface area contributed by atoms with Crippen LogP contribution in [0.5, 0.6) is 5.75 Å². The Morgan fingerprint density at radius 1 is 1.22 bits per heavy atom. The Bertz CT molecular complexity index is 788. The summed E-state index contributed by atoms with van der Waals surface area (Å²) in [7, 11) is 0. The second-order valence-electron chi connectivity index (χ2n) is 4.74. The van der Waals surface area contributed by atoms with Gasteiger partial charge in [0.15, 0.2) is 0 Å². The molecule has 23 heavy (non-hydrogen) atoms. The Kier molecular flexibility index (Phi) is 4.90. The molecule has 0 saturated carbocycles. The highest BCUT2D eigenvalue weighted by atomic mass is 35.5. The number of amides is 1. The molecule has 1 amide bonds. The lowest BCUT2D eigenvalue weighted by molar-refractivity contribution is 0.103. The second kappa shape index (κ2) is 7.26. The van der Waals surface area contributed by atoms with Gasteiger partial charge in [-0.15, -0.1) is 11.3 Å². The van der Waals surface area contributed by atoms with Crippen LogP contribution in [-0.2, 0) is 6.61 Å². The van der Waals surface area contributed by atoms with E-state index in [1.165, 1.54) is 17.5 Å². The molecule has 0 atom stereocenters. The summed E-state index contributed by atoms with van der Waals surface area (Å²) < 4.78 is 5.66. The van der Waals surface area contributed by atoms with Crippen LogP contribution < -0.4 is 10.1 Å². The molecule has 0 radical (unpaired) electrons. The number of hydrogen-bond donors (Lipinski definition) is 1. The monoisotopic (exact) mass is 344 g/mol. The van der Waals surface area contributed by atoms with Crippen molar-refractivity contribution >= 4 is 34.7 Å². The average Bonchev–Trinajstić information content (AvgIpc) is 3.05. The van der Waals surface area contributed by atoms with E-state index in [2.05, 4.69) is 10.3 Å². The van der Waals surface area contributed by atoms with Crippen LogP contribution in [0.4, 0.5) is 5.82 Å². The standard InChI is InChI=1S/C17H13ClN2O2S/c18-13-6-7-16(19-9-13)20-17(21)15-8-12(11-23-15)10-22-14-4-2-1-3-5-14/h1-9,11H,10H2,(H,19,20,21). The summed E-state index contributed by atoms with van der Waals surface area (Å²) in [5.74, 6) is 1.07. The number of rotatable bonds is 5. The predicted octanol–water partition coefficient (Wildman–Crippen LogP) is 4.63. The number of nitrogens with zero attached hydrogens (tertiary/aromatic N) is 1. The molecule has 3 rings (SSSR count). The van der Waals surface area contributed by atoms with Crippen molar-refractivity contribution in [2.75, 3.05) is 5.32 Å². The van der Waals surface area contributed by atoms with E-state index in [0.717, 1.165) is 11.3 Å². The fourth-order valence-corrected chi connectivity index (χ4v) is 2.79. The van der Waals surface area contributed by atoms with E-state index in [1.807, 2.05) is 41.8 Å². The van der Waals surface area contributed by atoms with E-state index in [9.17, 15) is 4.79 Å². The zero-order valence-electron chi connectivity index (χ0n) is 12.0. The summed E-state index contributed by atoms with van der Waals surface area (Å²) in [6.45, 7) is 0.424. The number of hydrogen-bond acceptors (Lipinski definition) is 4. The molecule has 0 aliphatic heterocycles. The van der Waals surface area contributed by atoms with Gasteiger partial charge >= 0.3 is 0 Å². The van der Waals surface area contributed by atoms with E-state index < -0.39 is 0 Å². The van der Waals surface area contributed by atoms with Gasteiger partial charge in [-0.1, -0.05) is 29.8 Å². The minimum atomic E-state index is -0.198. The molecule has 2 aromatic heterocycles. The first kappa shape index (κ1) is 15.5. The summed E-state index contributed by atoms with van der Waals surface area (Å²) in [4.78, 5) is 16.8. The van der Waals surface area contributed by atoms with Crippen LogP contribution in [0.25, 0.3) is 0 Å². The Morgan fingerprint density at radius 3 is 2.78 bits per heavy atom. The van der Waals surface area contributed by atoms with Crippen molar-refractivity contribution in [1.82, 2.24) is 4.98 Å². The largest absolute Gasteiger partial charge is 0.489 e. The molecule has 4 nitrogen and oxygen atoms in total. The van der Waals surface area contributed by atoms with Crippen molar-refractivity contribution in [2.45, 2.75) is 6.61 Å². The summed E-state index contributed by atoms with van der Waals surface area (Å²) >= 11 is 7.14. The maximum atomic E-state index is 12.2. The van der Waals surface area contributed by atoms with Gasteiger partial charge in [-0.25, -0.2) is 4.98 Å². The molecule has 0 aliphatic carbocycles. The Balaban J connectivity index is 1.59. The maximum absolute atomic E-state index is 12.2. The van der Waals surface area contributed by atoms with Crippen molar-refractivity contribution in [2.24, 2.45) is 0 Å². The van der Waals surface area contributed by atoms with Crippen molar-refractivity contribution < 1.29 is 9.53 Å². The first-order valence-corrected chi connectivity index (χ1v) is 8.14. The average molecular weight is 345 g/mol. The molecule has 2 heterocycles. The highest BCUT2D eigenvalue weighted by Crippen LogP contribution is 2.19. The van der Waals surface area contributed by atoms with Crippen LogP contribution in [0.2, 0.25) is 5.02 Å². The van der Waals surface area contributed by atoms with Crippen LogP contribution in [0.1, 0.15) is 15.2 Å².